The van der Waals surface area contributed by atoms with Gasteiger partial charge in [-0.3, -0.25) is 9.59 Å². The summed E-state index contributed by atoms with van der Waals surface area (Å²) < 4.78 is 70.4. The molecular weight excluding hydrogens is 1090 g/mol. The number of ether oxygens (including phenoxy) is 6. The van der Waals surface area contributed by atoms with E-state index in [0.29, 0.717) is 51.6 Å². The second-order valence-electron chi connectivity index (χ2n) is 31.7. The van der Waals surface area contributed by atoms with Crippen molar-refractivity contribution in [3.05, 3.63) is 36.5 Å². The second kappa shape index (κ2) is 26.4. The molecule has 81 heavy (non-hydrogen) atoms. The van der Waals surface area contributed by atoms with Crippen molar-refractivity contribution in [2.45, 2.75) is 331 Å². The van der Waals surface area contributed by atoms with Crippen molar-refractivity contribution in [3.63, 3.8) is 0 Å². The van der Waals surface area contributed by atoms with Gasteiger partial charge in [-0.1, -0.05) is 109 Å². The molecule has 0 spiro atoms. The maximum atomic E-state index is 15.0. The average molecular weight is 1210 g/mol. The van der Waals surface area contributed by atoms with Gasteiger partial charge in [0.05, 0.1) is 73.8 Å². The number of aliphatic hydroxyl groups excluding tert-OH is 1. The van der Waals surface area contributed by atoms with Gasteiger partial charge in [-0.05, 0) is 141 Å². The van der Waals surface area contributed by atoms with E-state index in [4.69, 9.17) is 46.1 Å². The predicted molar refractivity (Wildman–Crippen MR) is 335 cm³/mol. The molecule has 17 heteroatoms. The van der Waals surface area contributed by atoms with Crippen molar-refractivity contribution in [2.24, 2.45) is 11.8 Å². The van der Waals surface area contributed by atoms with Crippen molar-refractivity contribution in [1.29, 1.82) is 0 Å². The first-order valence-electron chi connectivity index (χ1n) is 31.3. The molecule has 0 amide bonds. The van der Waals surface area contributed by atoms with E-state index in [0.717, 1.165) is 30.4 Å². The smallest absolute Gasteiger partial charge is 0.193 e. The van der Waals surface area contributed by atoms with Crippen LogP contribution in [0.3, 0.4) is 0 Å². The maximum absolute atomic E-state index is 15.0. The molecule has 466 valence electrons. The molecule has 8 aliphatic rings. The van der Waals surface area contributed by atoms with Gasteiger partial charge < -0.3 is 51.2 Å². The van der Waals surface area contributed by atoms with Crippen molar-refractivity contribution in [3.8, 4) is 0 Å². The molecule has 5 saturated heterocycles. The van der Waals surface area contributed by atoms with Gasteiger partial charge in [0.1, 0.15) is 30.2 Å². The number of hydrogen-bond donors (Lipinski definition) is 1. The van der Waals surface area contributed by atoms with Crippen molar-refractivity contribution < 1.29 is 60.8 Å². The lowest BCUT2D eigenvalue weighted by atomic mass is 9.81. The molecular formula is C64H116O13Si4. The zero-order valence-corrected chi connectivity index (χ0v) is 58.9. The normalized spacial score (nSPS) is 36.0. The van der Waals surface area contributed by atoms with E-state index < -0.39 is 82.1 Å². The number of aliphatic hydroxyl groups is 1. The fourth-order valence-electron chi connectivity index (χ4n) is 11.8. The number of carbonyl (C=O) groups excluding carboxylic acids is 2. The summed E-state index contributed by atoms with van der Waals surface area (Å²) in [5.41, 5.74) is 2.10. The van der Waals surface area contributed by atoms with E-state index in [1.807, 2.05) is 6.08 Å². The Morgan fingerprint density at radius 2 is 1.21 bits per heavy atom. The van der Waals surface area contributed by atoms with Crippen LogP contribution in [0.1, 0.15) is 167 Å². The number of allylic oxidation sites excluding steroid dienone is 1. The minimum atomic E-state index is -2.58. The highest BCUT2D eigenvalue weighted by molar-refractivity contribution is 6.75. The molecule has 13 nitrogen and oxygen atoms in total. The Morgan fingerprint density at radius 3 is 1.81 bits per heavy atom. The van der Waals surface area contributed by atoms with Crippen molar-refractivity contribution >= 4 is 44.8 Å². The Labute approximate surface area is 496 Å². The van der Waals surface area contributed by atoms with Crippen LogP contribution in [0.25, 0.3) is 0 Å². The Morgan fingerprint density at radius 1 is 0.630 bits per heavy atom. The van der Waals surface area contributed by atoms with Crippen LogP contribution in [0.15, 0.2) is 36.5 Å². The summed E-state index contributed by atoms with van der Waals surface area (Å²) >= 11 is 0. The van der Waals surface area contributed by atoms with E-state index in [1.165, 1.54) is 0 Å². The topological polar surface area (TPSA) is 147 Å². The van der Waals surface area contributed by atoms with Crippen LogP contribution in [-0.2, 0) is 55.7 Å². The lowest BCUT2D eigenvalue weighted by molar-refractivity contribution is -0.269. The monoisotopic (exact) mass is 1200 g/mol. The van der Waals surface area contributed by atoms with Gasteiger partial charge in [0, 0.05) is 45.1 Å². The van der Waals surface area contributed by atoms with Gasteiger partial charge in [-0.25, -0.2) is 0 Å². The molecule has 0 aliphatic carbocycles. The summed E-state index contributed by atoms with van der Waals surface area (Å²) in [7, 11) is -7.79. The molecule has 17 atom stereocenters. The number of methoxy groups -OCH3 is 1. The molecule has 8 heterocycles. The Hall–Kier alpha value is -1.01. The summed E-state index contributed by atoms with van der Waals surface area (Å²) in [6.45, 7) is 56.5. The molecule has 5 fully saturated rings. The number of ketones is 2. The standard InChI is InChI=1S/C64H116O13Si4/c1-40-33-46-28-31-50-41(2)34-45(70-50)27-25-43(65)26-30-52(76-80(21,22)63(10,11)12)59-60(77-81(23,24)64(13,14)15)56(67)58-51(74-59)32-29-47(72-58)35-44(66)36-49-54(38-53(71-46)42(40)3)73-55(57(49)68-16)37-48(75-79(19,20)62(7,8)9)39-69-78(17,18)61(4,5)6/h26,30,40,45-60,67H,2-3,25,27-29,31-39H2,1,4-24H3/b30-26+/t40?,45?,46?,47?,48?,49?,50-,51-,52?,53?,54-,55+,56-,57+,58?,59?,60?/m0/s1. The van der Waals surface area contributed by atoms with Crippen LogP contribution in [0.5, 0.6) is 0 Å². The van der Waals surface area contributed by atoms with Crippen LogP contribution in [0.2, 0.25) is 72.5 Å². The lowest BCUT2D eigenvalue weighted by Gasteiger charge is -2.53. The number of hydrogen-bond acceptors (Lipinski definition) is 13. The molecule has 0 aromatic rings. The highest BCUT2D eigenvalue weighted by Crippen LogP contribution is 2.47. The molecule has 11 unspecified atom stereocenters. The van der Waals surface area contributed by atoms with Crippen molar-refractivity contribution in [2.75, 3.05) is 13.7 Å². The number of Topliss-reactive ketones (excluding diaryl/α,β-unsaturated/α-hetero) is 1. The van der Waals surface area contributed by atoms with Gasteiger partial charge in [-0.2, -0.15) is 0 Å². The van der Waals surface area contributed by atoms with E-state index in [2.05, 4.69) is 156 Å². The highest BCUT2D eigenvalue weighted by atomic mass is 28.4. The van der Waals surface area contributed by atoms with E-state index >= 15 is 0 Å². The van der Waals surface area contributed by atoms with Crippen LogP contribution >= 0.6 is 0 Å². The lowest BCUT2D eigenvalue weighted by Crippen LogP contribution is -2.67. The third-order valence-electron chi connectivity index (χ3n) is 21.3. The number of carbonyl (C=O) groups is 2. The minimum absolute atomic E-state index is 0.0177. The molecule has 0 aromatic heterocycles. The summed E-state index contributed by atoms with van der Waals surface area (Å²) in [6.07, 6.45) is 3.07. The van der Waals surface area contributed by atoms with Crippen molar-refractivity contribution in [1.82, 2.24) is 0 Å². The third kappa shape index (κ3) is 17.0. The average Bonchev–Trinajstić information content (AvgIpc) is 4.01. The zero-order chi connectivity index (χ0) is 60.8. The zero-order valence-electron chi connectivity index (χ0n) is 54.9. The Balaban J connectivity index is 1.37. The summed E-state index contributed by atoms with van der Waals surface area (Å²) in [5.74, 6) is -0.0473. The highest BCUT2D eigenvalue weighted by Gasteiger charge is 2.56. The predicted octanol–water partition coefficient (Wildman–Crippen LogP) is 14.1. The van der Waals surface area contributed by atoms with Crippen LogP contribution in [0, 0.1) is 11.8 Å². The fraction of sp³-hybridized carbons (Fsp3) is 0.875. The van der Waals surface area contributed by atoms with E-state index in [-0.39, 0.29) is 99.1 Å². The molecule has 1 N–H and O–H groups in total. The molecule has 8 bridgehead atoms. The molecule has 0 saturated carbocycles. The number of rotatable bonds is 12. The largest absolute Gasteiger partial charge is 0.414 e. The number of fused-ring (bicyclic) bond motifs is 2. The van der Waals surface area contributed by atoms with E-state index in [9.17, 15) is 14.7 Å². The summed E-state index contributed by atoms with van der Waals surface area (Å²) in [6, 6.07) is 0. The maximum Gasteiger partial charge on any atom is 0.193 e. The molecule has 8 rings (SSSR count). The first-order valence-corrected chi connectivity index (χ1v) is 42.9. The third-order valence-corrected chi connectivity index (χ3v) is 39.3. The van der Waals surface area contributed by atoms with Gasteiger partial charge in [-0.15, -0.1) is 0 Å². The summed E-state index contributed by atoms with van der Waals surface area (Å²) in [4.78, 5) is 28.9. The SMILES string of the molecule is C=C1C(C)CC2CC[C@@H]3OC(CCC(=O)/C=C/C(O[Si](C)(C)C(C)(C)C)C4O[C@H]5CCC(CC(=O)CC6[C@H](CC1O2)O[C@H](CC(CO[Si](C)(C)C(C)(C)C)O[Si](C)(C)C(C)(C)C)[C@@H]6OC)OC5[C@H](O)C4O[Si](C)(C)C(C)(C)C)CC3=C. The first-order chi connectivity index (χ1) is 37.0. The van der Waals surface area contributed by atoms with Crippen LogP contribution in [0.4, 0.5) is 0 Å². The first kappa shape index (κ1) is 69.1. The fourth-order valence-corrected chi connectivity index (χ4v) is 16.8. The quantitative estimate of drug-likeness (QED) is 0.146. The second-order valence-corrected chi connectivity index (χ2v) is 50.8. The van der Waals surface area contributed by atoms with Crippen LogP contribution < -0.4 is 0 Å². The Kier molecular flexibility index (Phi) is 22.5. The Bertz CT molecular complexity index is 2190. The van der Waals surface area contributed by atoms with Crippen LogP contribution in [-0.4, -0.2) is 155 Å². The summed E-state index contributed by atoms with van der Waals surface area (Å²) in [5, 5.41) is 12.5. The molecule has 0 aromatic carbocycles. The van der Waals surface area contributed by atoms with Gasteiger partial charge in [0.15, 0.2) is 39.1 Å². The molecule has 8 aliphatic heterocycles. The van der Waals surface area contributed by atoms with E-state index in [1.54, 1.807) is 13.2 Å². The van der Waals surface area contributed by atoms with Gasteiger partial charge >= 0.3 is 0 Å². The van der Waals surface area contributed by atoms with Gasteiger partial charge in [0.25, 0.3) is 0 Å². The minimum Gasteiger partial charge on any atom is -0.414 e. The molecule has 0 radical (unpaired) electrons. The van der Waals surface area contributed by atoms with Gasteiger partial charge in [0.2, 0.25) is 0 Å².